The predicted molar refractivity (Wildman–Crippen MR) is 71.9 cm³/mol. The standard InChI is InChI=1S/C14H19N3/c1-4-5-12-13(16-17-14(12)15)11-7-6-9(2)8-10(11)3/h6-8H,4-5H2,1-3H3,(H3,15,16,17). The number of nitrogens with two attached hydrogens (primary N) is 1. The molecule has 3 heteroatoms. The van der Waals surface area contributed by atoms with Crippen LogP contribution in [0.5, 0.6) is 0 Å². The minimum atomic E-state index is 0.627. The molecule has 0 amide bonds. The minimum absolute atomic E-state index is 0.627. The topological polar surface area (TPSA) is 54.7 Å². The van der Waals surface area contributed by atoms with E-state index in [0.717, 1.165) is 24.1 Å². The van der Waals surface area contributed by atoms with Crippen molar-refractivity contribution in [3.63, 3.8) is 0 Å². The number of nitrogens with one attached hydrogen (secondary N) is 1. The highest BCUT2D eigenvalue weighted by Gasteiger charge is 2.13. The number of nitrogens with zero attached hydrogens (tertiary/aromatic N) is 1. The maximum atomic E-state index is 5.90. The first-order valence-corrected chi connectivity index (χ1v) is 6.03. The second-order valence-corrected chi connectivity index (χ2v) is 4.53. The normalized spacial score (nSPS) is 10.8. The molecule has 1 aromatic carbocycles. The van der Waals surface area contributed by atoms with Gasteiger partial charge in [-0.2, -0.15) is 5.10 Å². The molecule has 0 aliphatic carbocycles. The Labute approximate surface area is 102 Å². The smallest absolute Gasteiger partial charge is 0.149 e. The summed E-state index contributed by atoms with van der Waals surface area (Å²) < 4.78 is 0. The van der Waals surface area contributed by atoms with E-state index in [-0.39, 0.29) is 0 Å². The highest BCUT2D eigenvalue weighted by molar-refractivity contribution is 5.71. The lowest BCUT2D eigenvalue weighted by Crippen LogP contribution is -1.94. The summed E-state index contributed by atoms with van der Waals surface area (Å²) in [6.45, 7) is 6.37. The van der Waals surface area contributed by atoms with E-state index in [9.17, 15) is 0 Å². The van der Waals surface area contributed by atoms with E-state index < -0.39 is 0 Å². The van der Waals surface area contributed by atoms with Crippen molar-refractivity contribution in [2.24, 2.45) is 0 Å². The predicted octanol–water partition coefficient (Wildman–Crippen LogP) is 3.23. The van der Waals surface area contributed by atoms with E-state index in [2.05, 4.69) is 49.2 Å². The third-order valence-electron chi connectivity index (χ3n) is 3.05. The van der Waals surface area contributed by atoms with Crippen molar-refractivity contribution in [1.29, 1.82) is 0 Å². The van der Waals surface area contributed by atoms with Crippen LogP contribution in [0.4, 0.5) is 5.82 Å². The average molecular weight is 229 g/mol. The molecule has 1 heterocycles. The maximum Gasteiger partial charge on any atom is 0.149 e. The van der Waals surface area contributed by atoms with E-state index in [1.54, 1.807) is 0 Å². The van der Waals surface area contributed by atoms with Crippen LogP contribution in [0.2, 0.25) is 0 Å². The van der Waals surface area contributed by atoms with Crippen LogP contribution in [0.1, 0.15) is 30.0 Å². The zero-order chi connectivity index (χ0) is 12.4. The summed E-state index contributed by atoms with van der Waals surface area (Å²) in [5, 5.41) is 7.19. The van der Waals surface area contributed by atoms with Gasteiger partial charge >= 0.3 is 0 Å². The number of aryl methyl sites for hydroxylation is 2. The van der Waals surface area contributed by atoms with Gasteiger partial charge in [0.05, 0.1) is 5.69 Å². The number of anilines is 1. The molecular weight excluding hydrogens is 210 g/mol. The SMILES string of the molecule is CCCc1c(N)n[nH]c1-c1ccc(C)cc1C. The largest absolute Gasteiger partial charge is 0.382 e. The van der Waals surface area contributed by atoms with Gasteiger partial charge in [-0.3, -0.25) is 5.10 Å². The Morgan fingerprint density at radius 3 is 2.71 bits per heavy atom. The molecule has 0 spiro atoms. The maximum absolute atomic E-state index is 5.90. The van der Waals surface area contributed by atoms with Crippen LogP contribution in [0.25, 0.3) is 11.3 Å². The molecule has 3 nitrogen and oxygen atoms in total. The summed E-state index contributed by atoms with van der Waals surface area (Å²) in [5.41, 5.74) is 11.8. The molecule has 0 aliphatic heterocycles. The van der Waals surface area contributed by atoms with Crippen molar-refractivity contribution < 1.29 is 0 Å². The first kappa shape index (κ1) is 11.7. The molecule has 0 bridgehead atoms. The lowest BCUT2D eigenvalue weighted by Gasteiger charge is -2.07. The zero-order valence-corrected chi connectivity index (χ0v) is 10.7. The molecule has 0 atom stereocenters. The van der Waals surface area contributed by atoms with Gasteiger partial charge < -0.3 is 5.73 Å². The van der Waals surface area contributed by atoms with Crippen LogP contribution in [0, 0.1) is 13.8 Å². The Morgan fingerprint density at radius 1 is 1.29 bits per heavy atom. The first-order chi connectivity index (χ1) is 8.13. The van der Waals surface area contributed by atoms with E-state index in [1.807, 2.05) is 0 Å². The van der Waals surface area contributed by atoms with Crippen LogP contribution in [0.3, 0.4) is 0 Å². The van der Waals surface area contributed by atoms with Crippen LogP contribution in [0.15, 0.2) is 18.2 Å². The van der Waals surface area contributed by atoms with Gasteiger partial charge in [0.2, 0.25) is 0 Å². The molecule has 90 valence electrons. The van der Waals surface area contributed by atoms with Gasteiger partial charge in [-0.05, 0) is 25.8 Å². The van der Waals surface area contributed by atoms with Gasteiger partial charge in [-0.25, -0.2) is 0 Å². The van der Waals surface area contributed by atoms with Crippen LogP contribution >= 0.6 is 0 Å². The van der Waals surface area contributed by atoms with Crippen LogP contribution < -0.4 is 5.73 Å². The molecule has 0 radical (unpaired) electrons. The van der Waals surface area contributed by atoms with Gasteiger partial charge in [0.1, 0.15) is 5.82 Å². The van der Waals surface area contributed by atoms with Crippen molar-refractivity contribution in [3.8, 4) is 11.3 Å². The molecule has 0 unspecified atom stereocenters. The van der Waals surface area contributed by atoms with Crippen LogP contribution in [-0.4, -0.2) is 10.2 Å². The summed E-state index contributed by atoms with van der Waals surface area (Å²) in [6.07, 6.45) is 2.03. The summed E-state index contributed by atoms with van der Waals surface area (Å²) in [5.74, 6) is 0.627. The molecule has 0 saturated heterocycles. The fraction of sp³-hybridized carbons (Fsp3) is 0.357. The molecule has 1 aromatic heterocycles. The fourth-order valence-corrected chi connectivity index (χ4v) is 2.20. The number of aromatic nitrogens is 2. The lowest BCUT2D eigenvalue weighted by molar-refractivity contribution is 0.926. The van der Waals surface area contributed by atoms with Gasteiger partial charge in [0.25, 0.3) is 0 Å². The lowest BCUT2D eigenvalue weighted by atomic mass is 9.98. The van der Waals surface area contributed by atoms with Crippen molar-refractivity contribution >= 4 is 5.82 Å². The Bertz CT molecular complexity index is 526. The average Bonchev–Trinajstić information content (AvgIpc) is 2.62. The Morgan fingerprint density at radius 2 is 2.06 bits per heavy atom. The summed E-state index contributed by atoms with van der Waals surface area (Å²) in [6, 6.07) is 6.44. The number of aromatic amines is 1. The third-order valence-corrected chi connectivity index (χ3v) is 3.05. The molecular formula is C14H19N3. The molecule has 3 N–H and O–H groups in total. The highest BCUT2D eigenvalue weighted by atomic mass is 15.2. The number of rotatable bonds is 3. The fourth-order valence-electron chi connectivity index (χ4n) is 2.20. The monoisotopic (exact) mass is 229 g/mol. The van der Waals surface area contributed by atoms with E-state index in [0.29, 0.717) is 5.82 Å². The van der Waals surface area contributed by atoms with Gasteiger partial charge in [0, 0.05) is 11.1 Å². The van der Waals surface area contributed by atoms with Gasteiger partial charge in [-0.1, -0.05) is 37.1 Å². The number of benzene rings is 1. The molecule has 0 fully saturated rings. The Balaban J connectivity index is 2.52. The molecule has 0 aliphatic rings. The van der Waals surface area contributed by atoms with Crippen molar-refractivity contribution in [1.82, 2.24) is 10.2 Å². The second-order valence-electron chi connectivity index (χ2n) is 4.53. The van der Waals surface area contributed by atoms with E-state index in [1.165, 1.54) is 16.7 Å². The van der Waals surface area contributed by atoms with E-state index in [4.69, 9.17) is 5.73 Å². The molecule has 2 aromatic rings. The summed E-state index contributed by atoms with van der Waals surface area (Å²) in [7, 11) is 0. The summed E-state index contributed by atoms with van der Waals surface area (Å²) in [4.78, 5) is 0. The van der Waals surface area contributed by atoms with Crippen molar-refractivity contribution in [2.75, 3.05) is 5.73 Å². The first-order valence-electron chi connectivity index (χ1n) is 6.03. The van der Waals surface area contributed by atoms with Crippen molar-refractivity contribution in [3.05, 3.63) is 34.9 Å². The number of H-pyrrole nitrogens is 1. The number of nitrogen functional groups attached to an aromatic ring is 1. The summed E-state index contributed by atoms with van der Waals surface area (Å²) >= 11 is 0. The Hall–Kier alpha value is -1.77. The third kappa shape index (κ3) is 2.18. The highest BCUT2D eigenvalue weighted by Crippen LogP contribution is 2.29. The number of hydrogen-bond donors (Lipinski definition) is 2. The van der Waals surface area contributed by atoms with Gasteiger partial charge in [0.15, 0.2) is 0 Å². The van der Waals surface area contributed by atoms with Crippen LogP contribution in [-0.2, 0) is 6.42 Å². The Kier molecular flexibility index (Phi) is 3.18. The quantitative estimate of drug-likeness (QED) is 0.849. The second kappa shape index (κ2) is 4.62. The minimum Gasteiger partial charge on any atom is -0.382 e. The molecule has 2 rings (SSSR count). The van der Waals surface area contributed by atoms with E-state index >= 15 is 0 Å². The van der Waals surface area contributed by atoms with Crippen molar-refractivity contribution in [2.45, 2.75) is 33.6 Å². The zero-order valence-electron chi connectivity index (χ0n) is 10.7. The number of hydrogen-bond acceptors (Lipinski definition) is 2. The molecule has 0 saturated carbocycles. The molecule has 17 heavy (non-hydrogen) atoms. The van der Waals surface area contributed by atoms with Gasteiger partial charge in [-0.15, -0.1) is 0 Å².